The zero-order chi connectivity index (χ0) is 13.8. The highest BCUT2D eigenvalue weighted by molar-refractivity contribution is 14.0. The fourth-order valence-electron chi connectivity index (χ4n) is 1.46. The van der Waals surface area contributed by atoms with Gasteiger partial charge in [0.1, 0.15) is 6.54 Å². The van der Waals surface area contributed by atoms with Crippen LogP contribution in [0.25, 0.3) is 0 Å². The van der Waals surface area contributed by atoms with E-state index >= 15 is 0 Å². The van der Waals surface area contributed by atoms with E-state index in [1.54, 1.807) is 0 Å². The Bertz CT molecular complexity index is 257. The van der Waals surface area contributed by atoms with Crippen LogP contribution in [0.1, 0.15) is 40.5 Å². The summed E-state index contributed by atoms with van der Waals surface area (Å²) < 4.78 is 0. The van der Waals surface area contributed by atoms with Crippen LogP contribution in [0.5, 0.6) is 0 Å². The molecule has 3 N–H and O–H groups in total. The van der Waals surface area contributed by atoms with E-state index in [0.29, 0.717) is 12.5 Å². The van der Waals surface area contributed by atoms with Gasteiger partial charge in [0.25, 0.3) is 0 Å². The van der Waals surface area contributed by atoms with E-state index in [0.717, 1.165) is 25.4 Å². The molecular formula is C13H29IN4O. The van der Waals surface area contributed by atoms with Crippen molar-refractivity contribution >= 4 is 35.8 Å². The van der Waals surface area contributed by atoms with Crippen LogP contribution in [0, 0.1) is 5.92 Å². The van der Waals surface area contributed by atoms with Gasteiger partial charge in [0, 0.05) is 19.6 Å². The van der Waals surface area contributed by atoms with Crippen LogP contribution >= 0.6 is 24.0 Å². The maximum absolute atomic E-state index is 11.3. The van der Waals surface area contributed by atoms with Crippen molar-refractivity contribution in [2.45, 2.75) is 40.5 Å². The van der Waals surface area contributed by atoms with Gasteiger partial charge in [-0.05, 0) is 32.6 Å². The first-order chi connectivity index (χ1) is 8.60. The lowest BCUT2D eigenvalue weighted by Crippen LogP contribution is -2.39. The predicted octanol–water partition coefficient (Wildman–Crippen LogP) is 1.73. The average molecular weight is 384 g/mol. The lowest BCUT2D eigenvalue weighted by Gasteiger charge is -2.11. The third-order valence-electron chi connectivity index (χ3n) is 2.35. The molecule has 0 radical (unpaired) electrons. The van der Waals surface area contributed by atoms with Crippen molar-refractivity contribution in [3.8, 4) is 0 Å². The summed E-state index contributed by atoms with van der Waals surface area (Å²) in [6, 6.07) is 0. The summed E-state index contributed by atoms with van der Waals surface area (Å²) in [5.41, 5.74) is 0. The minimum absolute atomic E-state index is 0. The summed E-state index contributed by atoms with van der Waals surface area (Å²) in [6.07, 6.45) is 2.31. The van der Waals surface area contributed by atoms with E-state index in [9.17, 15) is 4.79 Å². The van der Waals surface area contributed by atoms with E-state index in [2.05, 4.69) is 34.8 Å². The van der Waals surface area contributed by atoms with Crippen LogP contribution < -0.4 is 16.0 Å². The maximum Gasteiger partial charge on any atom is 0.241 e. The van der Waals surface area contributed by atoms with E-state index in [-0.39, 0.29) is 36.4 Å². The molecule has 0 heterocycles. The van der Waals surface area contributed by atoms with Crippen LogP contribution in [-0.4, -0.2) is 38.0 Å². The summed E-state index contributed by atoms with van der Waals surface area (Å²) in [5, 5.41) is 9.08. The molecular weight excluding hydrogens is 355 g/mol. The third-order valence-corrected chi connectivity index (χ3v) is 2.35. The van der Waals surface area contributed by atoms with Crippen molar-refractivity contribution < 1.29 is 4.79 Å². The van der Waals surface area contributed by atoms with Crippen molar-refractivity contribution in [1.82, 2.24) is 16.0 Å². The summed E-state index contributed by atoms with van der Waals surface area (Å²) in [5.74, 6) is 1.39. The molecule has 0 atom stereocenters. The SMILES string of the molecule is CCNC(=O)CN=C(NCC)NCCCC(C)C.I. The van der Waals surface area contributed by atoms with Gasteiger partial charge in [-0.25, -0.2) is 4.99 Å². The highest BCUT2D eigenvalue weighted by atomic mass is 127. The number of nitrogens with one attached hydrogen (secondary N) is 3. The van der Waals surface area contributed by atoms with Gasteiger partial charge in [-0.1, -0.05) is 13.8 Å². The minimum Gasteiger partial charge on any atom is -0.357 e. The Hall–Kier alpha value is -0.530. The van der Waals surface area contributed by atoms with Crippen LogP contribution in [0.4, 0.5) is 0 Å². The molecule has 0 saturated heterocycles. The third kappa shape index (κ3) is 13.7. The van der Waals surface area contributed by atoms with E-state index in [1.807, 2.05) is 13.8 Å². The van der Waals surface area contributed by atoms with Crippen molar-refractivity contribution in [2.24, 2.45) is 10.9 Å². The number of carbonyl (C=O) groups excluding carboxylic acids is 1. The fourth-order valence-corrected chi connectivity index (χ4v) is 1.46. The monoisotopic (exact) mass is 384 g/mol. The van der Waals surface area contributed by atoms with Crippen LogP contribution in [0.2, 0.25) is 0 Å². The lowest BCUT2D eigenvalue weighted by molar-refractivity contribution is -0.119. The Morgan fingerprint density at radius 1 is 1.11 bits per heavy atom. The van der Waals surface area contributed by atoms with Crippen LogP contribution in [0.15, 0.2) is 4.99 Å². The molecule has 19 heavy (non-hydrogen) atoms. The zero-order valence-electron chi connectivity index (χ0n) is 12.6. The van der Waals surface area contributed by atoms with Crippen molar-refractivity contribution in [1.29, 1.82) is 0 Å². The maximum atomic E-state index is 11.3. The molecule has 0 fully saturated rings. The Balaban J connectivity index is 0. The second-order valence-electron chi connectivity index (χ2n) is 4.61. The molecule has 0 aromatic carbocycles. The zero-order valence-corrected chi connectivity index (χ0v) is 14.9. The quantitative estimate of drug-likeness (QED) is 0.259. The number of aliphatic imine (C=N–C) groups is 1. The molecule has 0 aromatic heterocycles. The molecule has 6 heteroatoms. The van der Waals surface area contributed by atoms with Gasteiger partial charge in [0.15, 0.2) is 5.96 Å². The van der Waals surface area contributed by atoms with Gasteiger partial charge >= 0.3 is 0 Å². The van der Waals surface area contributed by atoms with E-state index in [1.165, 1.54) is 6.42 Å². The summed E-state index contributed by atoms with van der Waals surface area (Å²) >= 11 is 0. The number of hydrogen-bond acceptors (Lipinski definition) is 2. The number of guanidine groups is 1. The second kappa shape index (κ2) is 13.9. The van der Waals surface area contributed by atoms with E-state index < -0.39 is 0 Å². The second-order valence-corrected chi connectivity index (χ2v) is 4.61. The number of likely N-dealkylation sites (N-methyl/N-ethyl adjacent to an activating group) is 1. The van der Waals surface area contributed by atoms with Crippen molar-refractivity contribution in [3.63, 3.8) is 0 Å². The first kappa shape index (κ1) is 20.8. The van der Waals surface area contributed by atoms with Gasteiger partial charge in [-0.15, -0.1) is 24.0 Å². The molecule has 0 aliphatic carbocycles. The largest absolute Gasteiger partial charge is 0.357 e. The number of hydrogen-bond donors (Lipinski definition) is 3. The topological polar surface area (TPSA) is 65.5 Å². The Morgan fingerprint density at radius 3 is 2.26 bits per heavy atom. The van der Waals surface area contributed by atoms with Gasteiger partial charge in [0.2, 0.25) is 5.91 Å². The minimum atomic E-state index is -0.0446. The van der Waals surface area contributed by atoms with Crippen molar-refractivity contribution in [3.05, 3.63) is 0 Å². The molecule has 114 valence electrons. The molecule has 0 aliphatic rings. The Morgan fingerprint density at radius 2 is 1.74 bits per heavy atom. The Labute approximate surface area is 134 Å². The van der Waals surface area contributed by atoms with Crippen LogP contribution in [-0.2, 0) is 4.79 Å². The molecule has 0 saturated carbocycles. The van der Waals surface area contributed by atoms with E-state index in [4.69, 9.17) is 0 Å². The highest BCUT2D eigenvalue weighted by Crippen LogP contribution is 2.01. The average Bonchev–Trinajstić information content (AvgIpc) is 2.31. The molecule has 0 spiro atoms. The highest BCUT2D eigenvalue weighted by Gasteiger charge is 2.00. The number of amides is 1. The Kier molecular flexibility index (Phi) is 15.2. The van der Waals surface area contributed by atoms with Gasteiger partial charge in [-0.3, -0.25) is 4.79 Å². The normalized spacial score (nSPS) is 10.9. The molecule has 0 bridgehead atoms. The van der Waals surface area contributed by atoms with Gasteiger partial charge < -0.3 is 16.0 Å². The van der Waals surface area contributed by atoms with Gasteiger partial charge in [0.05, 0.1) is 0 Å². The number of rotatable bonds is 8. The molecule has 0 unspecified atom stereocenters. The van der Waals surface area contributed by atoms with Crippen molar-refractivity contribution in [2.75, 3.05) is 26.2 Å². The summed E-state index contributed by atoms with van der Waals surface area (Å²) in [4.78, 5) is 15.5. The molecule has 0 aromatic rings. The molecule has 5 nitrogen and oxygen atoms in total. The first-order valence-corrected chi connectivity index (χ1v) is 6.89. The molecule has 0 rings (SSSR count). The summed E-state index contributed by atoms with van der Waals surface area (Å²) in [6.45, 7) is 10.8. The number of halogens is 1. The molecule has 1 amide bonds. The standard InChI is InChI=1S/C13H28N4O.HI/c1-5-14-12(18)10-17-13(15-6-2)16-9-7-8-11(3)4;/h11H,5-10H2,1-4H3,(H,14,18)(H2,15,16,17);1H. The lowest BCUT2D eigenvalue weighted by atomic mass is 10.1. The number of nitrogens with zero attached hydrogens (tertiary/aromatic N) is 1. The summed E-state index contributed by atoms with van der Waals surface area (Å²) in [7, 11) is 0. The number of carbonyl (C=O) groups is 1. The molecule has 0 aliphatic heterocycles. The first-order valence-electron chi connectivity index (χ1n) is 6.89. The smallest absolute Gasteiger partial charge is 0.241 e. The fraction of sp³-hybridized carbons (Fsp3) is 0.846. The van der Waals surface area contributed by atoms with Gasteiger partial charge in [-0.2, -0.15) is 0 Å². The van der Waals surface area contributed by atoms with Crippen LogP contribution in [0.3, 0.4) is 0 Å². The predicted molar refractivity (Wildman–Crippen MR) is 92.2 cm³/mol.